The lowest BCUT2D eigenvalue weighted by Gasteiger charge is -2.21. The molecule has 1 fully saturated rings. The quantitative estimate of drug-likeness (QED) is 0.730. The fourth-order valence-corrected chi connectivity index (χ4v) is 3.03. The molecule has 0 aromatic heterocycles. The van der Waals surface area contributed by atoms with E-state index in [1.807, 2.05) is 13.8 Å². The molecular formula is C14H21NO3. The molecule has 2 aliphatic carbocycles. The van der Waals surface area contributed by atoms with Crippen LogP contribution in [-0.2, 0) is 9.59 Å². The third-order valence-corrected chi connectivity index (χ3v) is 4.23. The third-order valence-electron chi connectivity index (χ3n) is 4.23. The number of aliphatic carboxylic acids is 1. The Morgan fingerprint density at radius 1 is 1.33 bits per heavy atom. The summed E-state index contributed by atoms with van der Waals surface area (Å²) < 4.78 is 0. The smallest absolute Gasteiger partial charge is 0.308 e. The van der Waals surface area contributed by atoms with Gasteiger partial charge in [0.1, 0.15) is 0 Å². The van der Waals surface area contributed by atoms with Crippen molar-refractivity contribution < 1.29 is 14.7 Å². The van der Waals surface area contributed by atoms with Gasteiger partial charge in [-0.05, 0) is 30.6 Å². The van der Waals surface area contributed by atoms with Crippen LogP contribution >= 0.6 is 0 Å². The first-order valence-corrected chi connectivity index (χ1v) is 6.68. The van der Waals surface area contributed by atoms with Crippen molar-refractivity contribution in [2.45, 2.75) is 26.7 Å². The van der Waals surface area contributed by atoms with Crippen molar-refractivity contribution in [1.29, 1.82) is 0 Å². The molecule has 4 atom stereocenters. The molecule has 0 radical (unpaired) electrons. The number of hydrogen-bond donors (Lipinski definition) is 2. The minimum Gasteiger partial charge on any atom is -0.481 e. The minimum absolute atomic E-state index is 0.0266. The van der Waals surface area contributed by atoms with Crippen LogP contribution in [0.3, 0.4) is 0 Å². The van der Waals surface area contributed by atoms with Gasteiger partial charge in [-0.15, -0.1) is 0 Å². The molecule has 4 heteroatoms. The highest BCUT2D eigenvalue weighted by Crippen LogP contribution is 2.43. The molecule has 1 amide bonds. The van der Waals surface area contributed by atoms with Crippen molar-refractivity contribution in [3.05, 3.63) is 12.2 Å². The van der Waals surface area contributed by atoms with Crippen molar-refractivity contribution >= 4 is 11.9 Å². The summed E-state index contributed by atoms with van der Waals surface area (Å²) in [5.41, 5.74) is 0. The Kier molecular flexibility index (Phi) is 3.73. The maximum absolute atomic E-state index is 12.0. The van der Waals surface area contributed by atoms with Crippen LogP contribution in [-0.4, -0.2) is 23.5 Å². The standard InChI is InChI=1S/C14H21NO3/c1-8(2)12(14(17)18)7-15-13(16)11-6-9-3-4-10(11)5-9/h3-4,8-12H,5-7H2,1-2H3,(H,15,16)(H,17,18). The second kappa shape index (κ2) is 5.12. The Morgan fingerprint density at radius 2 is 2.06 bits per heavy atom. The van der Waals surface area contributed by atoms with Crippen LogP contribution in [0.5, 0.6) is 0 Å². The molecule has 2 rings (SSSR count). The second-order valence-corrected chi connectivity index (χ2v) is 5.82. The Labute approximate surface area is 107 Å². The number of fused-ring (bicyclic) bond motifs is 2. The number of hydrogen-bond acceptors (Lipinski definition) is 2. The molecule has 2 aliphatic rings. The highest BCUT2D eigenvalue weighted by molar-refractivity contribution is 5.80. The van der Waals surface area contributed by atoms with E-state index in [2.05, 4.69) is 17.5 Å². The van der Waals surface area contributed by atoms with Crippen molar-refractivity contribution in [2.75, 3.05) is 6.54 Å². The predicted molar refractivity (Wildman–Crippen MR) is 67.8 cm³/mol. The fourth-order valence-electron chi connectivity index (χ4n) is 3.03. The highest BCUT2D eigenvalue weighted by Gasteiger charge is 2.39. The fraction of sp³-hybridized carbons (Fsp3) is 0.714. The van der Waals surface area contributed by atoms with Crippen molar-refractivity contribution in [3.63, 3.8) is 0 Å². The van der Waals surface area contributed by atoms with Gasteiger partial charge in [-0.3, -0.25) is 9.59 Å². The number of amides is 1. The molecule has 0 spiro atoms. The second-order valence-electron chi connectivity index (χ2n) is 5.82. The lowest BCUT2D eigenvalue weighted by Crippen LogP contribution is -2.39. The van der Waals surface area contributed by atoms with Gasteiger partial charge in [-0.2, -0.15) is 0 Å². The molecule has 1 saturated carbocycles. The molecule has 0 saturated heterocycles. The van der Waals surface area contributed by atoms with Crippen molar-refractivity contribution in [2.24, 2.45) is 29.6 Å². The predicted octanol–water partition coefficient (Wildman–Crippen LogP) is 1.67. The molecular weight excluding hydrogens is 230 g/mol. The Hall–Kier alpha value is -1.32. The minimum atomic E-state index is -0.835. The summed E-state index contributed by atoms with van der Waals surface area (Å²) in [4.78, 5) is 23.1. The van der Waals surface area contributed by atoms with Crippen LogP contribution in [0.25, 0.3) is 0 Å². The van der Waals surface area contributed by atoms with Gasteiger partial charge in [0.05, 0.1) is 5.92 Å². The van der Waals surface area contributed by atoms with Crippen molar-refractivity contribution in [3.8, 4) is 0 Å². The van der Waals surface area contributed by atoms with Crippen LogP contribution in [0, 0.1) is 29.6 Å². The Bertz CT molecular complexity index is 375. The maximum atomic E-state index is 12.0. The van der Waals surface area contributed by atoms with E-state index in [4.69, 9.17) is 5.11 Å². The average molecular weight is 251 g/mol. The summed E-state index contributed by atoms with van der Waals surface area (Å²) in [6.45, 7) is 3.97. The Morgan fingerprint density at radius 3 is 2.50 bits per heavy atom. The van der Waals surface area contributed by atoms with Gasteiger partial charge >= 0.3 is 5.97 Å². The Balaban J connectivity index is 1.85. The number of rotatable bonds is 5. The van der Waals surface area contributed by atoms with Gasteiger partial charge in [0, 0.05) is 12.5 Å². The summed E-state index contributed by atoms with van der Waals surface area (Å²) in [5, 5.41) is 11.9. The van der Waals surface area contributed by atoms with E-state index in [9.17, 15) is 9.59 Å². The van der Waals surface area contributed by atoms with Gasteiger partial charge in [0.15, 0.2) is 0 Å². The summed E-state index contributed by atoms with van der Waals surface area (Å²) >= 11 is 0. The molecule has 0 heterocycles. The number of carbonyl (C=O) groups is 2. The zero-order valence-electron chi connectivity index (χ0n) is 10.9. The largest absolute Gasteiger partial charge is 0.481 e. The molecule has 4 nitrogen and oxygen atoms in total. The first-order chi connectivity index (χ1) is 8.49. The van der Waals surface area contributed by atoms with Crippen LogP contribution in [0.2, 0.25) is 0 Å². The first kappa shape index (κ1) is 13.1. The molecule has 4 unspecified atom stereocenters. The van der Waals surface area contributed by atoms with E-state index in [0.717, 1.165) is 12.8 Å². The topological polar surface area (TPSA) is 66.4 Å². The monoisotopic (exact) mass is 251 g/mol. The summed E-state index contributed by atoms with van der Waals surface area (Å²) in [7, 11) is 0. The molecule has 0 aliphatic heterocycles. The number of carboxylic acid groups (broad SMARTS) is 1. The first-order valence-electron chi connectivity index (χ1n) is 6.68. The number of allylic oxidation sites excluding steroid dienone is 2. The summed E-state index contributed by atoms with van der Waals surface area (Å²) in [6.07, 6.45) is 6.34. The highest BCUT2D eigenvalue weighted by atomic mass is 16.4. The normalized spacial score (nSPS) is 30.7. The number of carboxylic acids is 1. The lowest BCUT2D eigenvalue weighted by molar-refractivity contribution is -0.143. The SMILES string of the molecule is CC(C)C(CNC(=O)C1CC2C=CC1C2)C(=O)O. The van der Waals surface area contributed by atoms with Gasteiger partial charge in [-0.1, -0.05) is 26.0 Å². The van der Waals surface area contributed by atoms with E-state index in [0.29, 0.717) is 11.8 Å². The van der Waals surface area contributed by atoms with E-state index in [1.54, 1.807) is 0 Å². The van der Waals surface area contributed by atoms with Crippen LogP contribution in [0.4, 0.5) is 0 Å². The summed E-state index contributed by atoms with van der Waals surface area (Å²) in [5.74, 6) is -0.284. The lowest BCUT2D eigenvalue weighted by atomic mass is 9.91. The van der Waals surface area contributed by atoms with Gasteiger partial charge in [0.2, 0.25) is 5.91 Å². The summed E-state index contributed by atoms with van der Waals surface area (Å²) in [6, 6.07) is 0. The van der Waals surface area contributed by atoms with Gasteiger partial charge in [0.25, 0.3) is 0 Å². The third kappa shape index (κ3) is 2.57. The van der Waals surface area contributed by atoms with Crippen LogP contribution < -0.4 is 5.32 Å². The van der Waals surface area contributed by atoms with E-state index in [-0.39, 0.29) is 24.3 Å². The average Bonchev–Trinajstić information content (AvgIpc) is 2.89. The number of nitrogens with one attached hydrogen (secondary N) is 1. The molecule has 2 bridgehead atoms. The van der Waals surface area contributed by atoms with Gasteiger partial charge < -0.3 is 10.4 Å². The number of carbonyl (C=O) groups excluding carboxylic acids is 1. The zero-order valence-corrected chi connectivity index (χ0v) is 10.9. The van der Waals surface area contributed by atoms with Crippen LogP contribution in [0.1, 0.15) is 26.7 Å². The van der Waals surface area contributed by atoms with Gasteiger partial charge in [-0.25, -0.2) is 0 Å². The van der Waals surface area contributed by atoms with E-state index >= 15 is 0 Å². The molecule has 2 N–H and O–H groups in total. The van der Waals surface area contributed by atoms with Crippen molar-refractivity contribution in [1.82, 2.24) is 5.32 Å². The molecule has 0 aromatic carbocycles. The zero-order chi connectivity index (χ0) is 13.3. The van der Waals surface area contributed by atoms with E-state index < -0.39 is 11.9 Å². The van der Waals surface area contributed by atoms with E-state index in [1.165, 1.54) is 0 Å². The molecule has 18 heavy (non-hydrogen) atoms. The molecule has 100 valence electrons. The van der Waals surface area contributed by atoms with Crippen LogP contribution in [0.15, 0.2) is 12.2 Å². The molecule has 0 aromatic rings. The maximum Gasteiger partial charge on any atom is 0.308 e.